The van der Waals surface area contributed by atoms with Crippen LogP contribution in [0, 0.1) is 0 Å². The molecular weight excluding hydrogens is 707 g/mol. The topological polar surface area (TPSA) is 48.5 Å². The van der Waals surface area contributed by atoms with Crippen LogP contribution in [0.1, 0.15) is 11.1 Å². The Labute approximate surface area is 335 Å². The minimum absolute atomic E-state index is 0.642. The van der Waals surface area contributed by atoms with Gasteiger partial charge in [0.15, 0.2) is 17.5 Å². The zero-order valence-corrected chi connectivity index (χ0v) is 31.5. The molecule has 5 nitrogen and oxygen atoms in total. The summed E-state index contributed by atoms with van der Waals surface area (Å²) in [4.78, 5) is 15.1. The third-order valence-electron chi connectivity index (χ3n) is 11.8. The lowest BCUT2D eigenvalue weighted by Crippen LogP contribution is -2.04. The lowest BCUT2D eigenvalue weighted by Gasteiger charge is -2.18. The predicted octanol–water partition coefficient (Wildman–Crippen LogP) is 12.8. The Morgan fingerprint density at radius 2 is 0.897 bits per heavy atom. The molecule has 58 heavy (non-hydrogen) atoms. The van der Waals surface area contributed by atoms with Crippen molar-refractivity contribution in [1.29, 1.82) is 0 Å². The van der Waals surface area contributed by atoms with Crippen molar-refractivity contribution in [2.75, 3.05) is 0 Å². The highest BCUT2D eigenvalue weighted by Crippen LogP contribution is 2.47. The van der Waals surface area contributed by atoms with Crippen LogP contribution in [0.3, 0.4) is 0 Å². The standard InChI is InChI=1S/C53H35N5/c1-5-16-34(17-6-1)39-30-37-28-29-43-49-47(57(46(32-39)48(37)49)40-23-11-4-12-24-40)33-44-42-26-13-14-27-45(42)58(50(43)44)41-25-15-22-38(31-41)53-55-51(35-18-7-2-8-19-35)54-52(56-53)36-20-9-3-10-21-36/h1-27,30-33H,28-29H2. The number of para-hydroxylation sites is 2. The molecule has 0 atom stereocenters. The van der Waals surface area contributed by atoms with Crippen LogP contribution in [0.15, 0.2) is 188 Å². The van der Waals surface area contributed by atoms with Crippen molar-refractivity contribution >= 4 is 43.6 Å². The van der Waals surface area contributed by atoms with Crippen LogP contribution in [-0.2, 0) is 12.8 Å². The highest BCUT2D eigenvalue weighted by Gasteiger charge is 2.28. The van der Waals surface area contributed by atoms with E-state index in [0.29, 0.717) is 17.5 Å². The normalized spacial score (nSPS) is 12.3. The number of aromatic nitrogens is 5. The first-order valence-corrected chi connectivity index (χ1v) is 19.9. The third kappa shape index (κ3) is 5.07. The Morgan fingerprint density at radius 3 is 1.59 bits per heavy atom. The predicted molar refractivity (Wildman–Crippen MR) is 238 cm³/mol. The first kappa shape index (κ1) is 32.6. The number of benzene rings is 8. The Balaban J connectivity index is 1.13. The van der Waals surface area contributed by atoms with Gasteiger partial charge in [-0.3, -0.25) is 0 Å². The minimum Gasteiger partial charge on any atom is -0.309 e. The summed E-state index contributed by atoms with van der Waals surface area (Å²) in [6.45, 7) is 0. The van der Waals surface area contributed by atoms with E-state index >= 15 is 0 Å². The molecule has 1 aliphatic carbocycles. The molecule has 0 saturated carbocycles. The summed E-state index contributed by atoms with van der Waals surface area (Å²) in [6.07, 6.45) is 1.91. The molecule has 5 heteroatoms. The van der Waals surface area contributed by atoms with Gasteiger partial charge in [-0.15, -0.1) is 0 Å². The molecule has 0 aliphatic heterocycles. The van der Waals surface area contributed by atoms with Crippen LogP contribution in [-0.4, -0.2) is 24.1 Å². The molecule has 0 spiro atoms. The van der Waals surface area contributed by atoms with E-state index in [4.69, 9.17) is 15.0 Å². The Hall–Kier alpha value is -7.63. The van der Waals surface area contributed by atoms with Gasteiger partial charge in [0, 0.05) is 49.6 Å². The summed E-state index contributed by atoms with van der Waals surface area (Å²) in [5.74, 6) is 1.95. The van der Waals surface area contributed by atoms with E-state index in [-0.39, 0.29) is 0 Å². The van der Waals surface area contributed by atoms with E-state index in [1.165, 1.54) is 71.6 Å². The number of nitrogens with zero attached hydrogens (tertiary/aromatic N) is 5. The molecular formula is C53H35N5. The highest BCUT2D eigenvalue weighted by atomic mass is 15.0. The van der Waals surface area contributed by atoms with Crippen molar-refractivity contribution in [3.8, 4) is 56.7 Å². The van der Waals surface area contributed by atoms with Gasteiger partial charge in [0.2, 0.25) is 0 Å². The molecule has 0 saturated heterocycles. The lowest BCUT2D eigenvalue weighted by molar-refractivity contribution is 0.969. The fourth-order valence-electron chi connectivity index (χ4n) is 9.27. The van der Waals surface area contributed by atoms with Gasteiger partial charge in [-0.25, -0.2) is 15.0 Å². The van der Waals surface area contributed by atoms with Crippen LogP contribution in [0.5, 0.6) is 0 Å². The van der Waals surface area contributed by atoms with Gasteiger partial charge in [0.25, 0.3) is 0 Å². The summed E-state index contributed by atoms with van der Waals surface area (Å²) in [5, 5.41) is 5.21. The molecule has 0 N–H and O–H groups in total. The molecule has 3 heterocycles. The van der Waals surface area contributed by atoms with Gasteiger partial charge < -0.3 is 9.13 Å². The zero-order chi connectivity index (χ0) is 38.2. The molecule has 12 rings (SSSR count). The van der Waals surface area contributed by atoms with Crippen LogP contribution < -0.4 is 0 Å². The van der Waals surface area contributed by atoms with Crippen molar-refractivity contribution in [3.63, 3.8) is 0 Å². The molecule has 11 aromatic rings. The molecule has 0 unspecified atom stereocenters. The third-order valence-corrected chi connectivity index (χ3v) is 11.8. The SMILES string of the molecule is c1ccc(-c2cc3c4c5c(c6c(cc5n(-c5ccccc5)c4c2)c2ccccc2n6-c2cccc(-c4nc(-c5ccccc5)nc(-c5ccccc5)n4)c2)CC3)cc1. The number of fused-ring (bicyclic) bond motifs is 4. The molecule has 1 aliphatic rings. The maximum Gasteiger partial charge on any atom is 0.164 e. The smallest absolute Gasteiger partial charge is 0.164 e. The Morgan fingerprint density at radius 1 is 0.345 bits per heavy atom. The zero-order valence-electron chi connectivity index (χ0n) is 31.5. The number of hydrogen-bond acceptors (Lipinski definition) is 3. The molecule has 3 aromatic heterocycles. The van der Waals surface area contributed by atoms with E-state index in [2.05, 4.69) is 161 Å². The summed E-state index contributed by atoms with van der Waals surface area (Å²) >= 11 is 0. The number of aryl methyl sites for hydroxylation is 2. The van der Waals surface area contributed by atoms with Crippen molar-refractivity contribution in [2.45, 2.75) is 12.8 Å². The second-order valence-corrected chi connectivity index (χ2v) is 15.2. The van der Waals surface area contributed by atoms with E-state index in [0.717, 1.165) is 35.2 Å². The number of rotatable bonds is 6. The Kier molecular flexibility index (Phi) is 7.29. The summed E-state index contributed by atoms with van der Waals surface area (Å²) in [7, 11) is 0. The average molecular weight is 742 g/mol. The maximum absolute atomic E-state index is 5.09. The van der Waals surface area contributed by atoms with Crippen LogP contribution >= 0.6 is 0 Å². The molecule has 272 valence electrons. The minimum atomic E-state index is 0.642. The van der Waals surface area contributed by atoms with E-state index in [1.54, 1.807) is 0 Å². The van der Waals surface area contributed by atoms with E-state index in [1.807, 2.05) is 36.4 Å². The van der Waals surface area contributed by atoms with Crippen LogP contribution in [0.4, 0.5) is 0 Å². The van der Waals surface area contributed by atoms with E-state index in [9.17, 15) is 0 Å². The van der Waals surface area contributed by atoms with Gasteiger partial charge >= 0.3 is 0 Å². The van der Waals surface area contributed by atoms with Crippen LogP contribution in [0.25, 0.3) is 100 Å². The summed E-state index contributed by atoms with van der Waals surface area (Å²) in [5.41, 5.74) is 15.3. The van der Waals surface area contributed by atoms with Crippen molar-refractivity contribution in [3.05, 3.63) is 199 Å². The quantitative estimate of drug-likeness (QED) is 0.170. The monoisotopic (exact) mass is 741 g/mol. The van der Waals surface area contributed by atoms with Crippen molar-refractivity contribution < 1.29 is 0 Å². The van der Waals surface area contributed by atoms with Crippen molar-refractivity contribution in [1.82, 2.24) is 24.1 Å². The van der Waals surface area contributed by atoms with Gasteiger partial charge in [0.1, 0.15) is 0 Å². The first-order valence-electron chi connectivity index (χ1n) is 19.9. The second kappa shape index (κ2) is 13.0. The number of hydrogen-bond donors (Lipinski definition) is 0. The fourth-order valence-corrected chi connectivity index (χ4v) is 9.27. The van der Waals surface area contributed by atoms with Crippen molar-refractivity contribution in [2.24, 2.45) is 0 Å². The maximum atomic E-state index is 5.09. The summed E-state index contributed by atoms with van der Waals surface area (Å²) < 4.78 is 4.98. The van der Waals surface area contributed by atoms with Gasteiger partial charge in [-0.2, -0.15) is 0 Å². The second-order valence-electron chi connectivity index (χ2n) is 15.2. The van der Waals surface area contributed by atoms with E-state index < -0.39 is 0 Å². The van der Waals surface area contributed by atoms with Gasteiger partial charge in [0.05, 0.1) is 22.1 Å². The largest absolute Gasteiger partial charge is 0.309 e. The highest BCUT2D eigenvalue weighted by molar-refractivity contribution is 6.23. The lowest BCUT2D eigenvalue weighted by atomic mass is 9.87. The molecule has 0 fully saturated rings. The molecule has 8 aromatic carbocycles. The molecule has 0 radical (unpaired) electrons. The molecule has 0 bridgehead atoms. The summed E-state index contributed by atoms with van der Waals surface area (Å²) in [6, 6.07) is 66.8. The molecule has 0 amide bonds. The van der Waals surface area contributed by atoms with Crippen LogP contribution in [0.2, 0.25) is 0 Å². The fraction of sp³-hybridized carbons (Fsp3) is 0.0377. The Bertz CT molecular complexity index is 3310. The van der Waals surface area contributed by atoms with Gasteiger partial charge in [-0.05, 0) is 77.6 Å². The average Bonchev–Trinajstić information content (AvgIpc) is 3.82. The first-order chi connectivity index (χ1) is 28.8. The van der Waals surface area contributed by atoms with Gasteiger partial charge in [-0.1, -0.05) is 146 Å².